The van der Waals surface area contributed by atoms with E-state index in [9.17, 15) is 9.90 Å². The summed E-state index contributed by atoms with van der Waals surface area (Å²) in [5, 5.41) is 19.9. The molecule has 0 unspecified atom stereocenters. The molecule has 2 N–H and O–H groups in total. The topological polar surface area (TPSA) is 89.3 Å². The lowest BCUT2D eigenvalue weighted by molar-refractivity contribution is 0.0954. The van der Waals surface area contributed by atoms with Crippen LogP contribution in [0, 0.1) is 0 Å². The lowest BCUT2D eigenvalue weighted by atomic mass is 10.3. The Morgan fingerprint density at radius 3 is 2.60 bits per heavy atom. The molecule has 0 bridgehead atoms. The minimum atomic E-state index is -0.383. The molecule has 20 heavy (non-hydrogen) atoms. The number of ether oxygens (including phenoxy) is 1. The van der Waals surface area contributed by atoms with Gasteiger partial charge in [0.05, 0.1) is 18.9 Å². The number of aliphatic hydroxyl groups excluding tert-OH is 1. The van der Waals surface area contributed by atoms with Gasteiger partial charge in [0.1, 0.15) is 11.4 Å². The van der Waals surface area contributed by atoms with E-state index in [4.69, 9.17) is 4.74 Å². The van der Waals surface area contributed by atoms with Crippen LogP contribution in [0.3, 0.4) is 0 Å². The Labute approximate surface area is 116 Å². The third-order valence-electron chi connectivity index (χ3n) is 2.65. The zero-order chi connectivity index (χ0) is 14.5. The van der Waals surface area contributed by atoms with Crippen LogP contribution >= 0.6 is 0 Å². The van der Waals surface area contributed by atoms with E-state index in [1.807, 2.05) is 6.92 Å². The first-order chi connectivity index (χ1) is 9.69. The third-order valence-corrected chi connectivity index (χ3v) is 2.65. The van der Waals surface area contributed by atoms with Crippen LogP contribution in [0.4, 0.5) is 0 Å². The monoisotopic (exact) mass is 276 g/mol. The molecule has 0 atom stereocenters. The highest BCUT2D eigenvalue weighted by Crippen LogP contribution is 2.15. The molecule has 1 aromatic carbocycles. The highest BCUT2D eigenvalue weighted by Gasteiger charge is 2.17. The van der Waals surface area contributed by atoms with Crippen molar-refractivity contribution in [2.24, 2.45) is 0 Å². The van der Waals surface area contributed by atoms with Crippen LogP contribution in [-0.2, 0) is 6.61 Å². The van der Waals surface area contributed by atoms with Gasteiger partial charge in [-0.3, -0.25) is 4.79 Å². The molecular weight excluding hydrogens is 260 g/mol. The summed E-state index contributed by atoms with van der Waals surface area (Å²) in [7, 11) is 1.50. The predicted molar refractivity (Wildman–Crippen MR) is 71.8 cm³/mol. The number of aromatic nitrogens is 3. The second kappa shape index (κ2) is 6.16. The molecule has 0 spiro atoms. The number of amides is 1. The molecule has 106 valence electrons. The normalized spacial score (nSPS) is 10.3. The number of hydrogen-bond acceptors (Lipinski definition) is 5. The Bertz CT molecular complexity index is 592. The molecule has 1 amide bonds. The van der Waals surface area contributed by atoms with E-state index >= 15 is 0 Å². The maximum absolute atomic E-state index is 11.6. The Morgan fingerprint density at radius 1 is 1.35 bits per heavy atom. The fourth-order valence-electron chi connectivity index (χ4n) is 1.70. The summed E-state index contributed by atoms with van der Waals surface area (Å²) in [6, 6.07) is 7.14. The SMILES string of the molecule is CCOc1ccc(-n2nc(CO)c(C(=O)NC)n2)cc1. The van der Waals surface area contributed by atoms with Crippen molar-refractivity contribution in [3.8, 4) is 11.4 Å². The van der Waals surface area contributed by atoms with Gasteiger partial charge in [0.15, 0.2) is 5.69 Å². The molecule has 1 heterocycles. The lowest BCUT2D eigenvalue weighted by Gasteiger charge is -2.03. The molecule has 0 aliphatic rings. The first-order valence-corrected chi connectivity index (χ1v) is 6.22. The summed E-state index contributed by atoms with van der Waals surface area (Å²) in [4.78, 5) is 12.9. The van der Waals surface area contributed by atoms with Crippen LogP contribution in [0.25, 0.3) is 5.69 Å². The van der Waals surface area contributed by atoms with Crippen molar-refractivity contribution < 1.29 is 14.6 Å². The van der Waals surface area contributed by atoms with E-state index in [0.29, 0.717) is 12.3 Å². The lowest BCUT2D eigenvalue weighted by Crippen LogP contribution is -2.20. The third kappa shape index (κ3) is 2.77. The second-order valence-electron chi connectivity index (χ2n) is 3.95. The molecule has 0 radical (unpaired) electrons. The maximum atomic E-state index is 11.6. The van der Waals surface area contributed by atoms with Gasteiger partial charge in [-0.25, -0.2) is 0 Å². The van der Waals surface area contributed by atoms with E-state index in [1.165, 1.54) is 11.8 Å². The van der Waals surface area contributed by atoms with Gasteiger partial charge in [-0.15, -0.1) is 10.2 Å². The van der Waals surface area contributed by atoms with Crippen LogP contribution < -0.4 is 10.1 Å². The fraction of sp³-hybridized carbons (Fsp3) is 0.308. The quantitative estimate of drug-likeness (QED) is 0.831. The van der Waals surface area contributed by atoms with Crippen LogP contribution in [0.2, 0.25) is 0 Å². The van der Waals surface area contributed by atoms with Crippen LogP contribution in [-0.4, -0.2) is 39.7 Å². The molecule has 7 heteroatoms. The van der Waals surface area contributed by atoms with Crippen molar-refractivity contribution >= 4 is 5.91 Å². The Balaban J connectivity index is 2.32. The smallest absolute Gasteiger partial charge is 0.273 e. The van der Waals surface area contributed by atoms with Gasteiger partial charge >= 0.3 is 0 Å². The zero-order valence-electron chi connectivity index (χ0n) is 11.3. The largest absolute Gasteiger partial charge is 0.494 e. The van der Waals surface area contributed by atoms with Gasteiger partial charge in [-0.05, 0) is 31.2 Å². The van der Waals surface area contributed by atoms with Crippen molar-refractivity contribution in [3.63, 3.8) is 0 Å². The van der Waals surface area contributed by atoms with Gasteiger partial charge in [0.25, 0.3) is 5.91 Å². The number of hydrogen-bond donors (Lipinski definition) is 2. The minimum absolute atomic E-state index is 0.115. The Hall–Kier alpha value is -2.41. The molecule has 0 aliphatic heterocycles. The van der Waals surface area contributed by atoms with Gasteiger partial charge in [0, 0.05) is 7.05 Å². The van der Waals surface area contributed by atoms with Crippen LogP contribution in [0.5, 0.6) is 5.75 Å². The molecule has 7 nitrogen and oxygen atoms in total. The first-order valence-electron chi connectivity index (χ1n) is 6.22. The highest BCUT2D eigenvalue weighted by molar-refractivity contribution is 5.92. The number of carbonyl (C=O) groups is 1. The highest BCUT2D eigenvalue weighted by atomic mass is 16.5. The summed E-state index contributed by atoms with van der Waals surface area (Å²) >= 11 is 0. The second-order valence-corrected chi connectivity index (χ2v) is 3.95. The molecule has 1 aromatic heterocycles. The fourth-order valence-corrected chi connectivity index (χ4v) is 1.70. The van der Waals surface area contributed by atoms with Crippen LogP contribution in [0.15, 0.2) is 24.3 Å². The van der Waals surface area contributed by atoms with E-state index < -0.39 is 0 Å². The average Bonchev–Trinajstić information content (AvgIpc) is 2.92. The van der Waals surface area contributed by atoms with Crippen molar-refractivity contribution in [2.75, 3.05) is 13.7 Å². The average molecular weight is 276 g/mol. The van der Waals surface area contributed by atoms with E-state index in [2.05, 4.69) is 15.5 Å². The van der Waals surface area contributed by atoms with Crippen LogP contribution in [0.1, 0.15) is 23.1 Å². The molecular formula is C13H16N4O3. The zero-order valence-corrected chi connectivity index (χ0v) is 11.3. The molecule has 0 fully saturated rings. The van der Waals surface area contributed by atoms with E-state index in [1.54, 1.807) is 24.3 Å². The predicted octanol–water partition coefficient (Wildman–Crippen LogP) is 0.518. The van der Waals surface area contributed by atoms with Gasteiger partial charge in [0.2, 0.25) is 0 Å². The van der Waals surface area contributed by atoms with E-state index in [-0.39, 0.29) is 23.9 Å². The number of rotatable bonds is 5. The summed E-state index contributed by atoms with van der Waals surface area (Å²) in [5.41, 5.74) is 1.03. The summed E-state index contributed by atoms with van der Waals surface area (Å²) in [6.45, 7) is 2.15. The van der Waals surface area contributed by atoms with Crippen molar-refractivity contribution in [2.45, 2.75) is 13.5 Å². The Kier molecular flexibility index (Phi) is 4.31. The number of benzene rings is 1. The number of nitrogens with zero attached hydrogens (tertiary/aromatic N) is 3. The number of carbonyl (C=O) groups excluding carboxylic acids is 1. The number of nitrogens with one attached hydrogen (secondary N) is 1. The van der Waals surface area contributed by atoms with Gasteiger partial charge in [-0.2, -0.15) is 4.80 Å². The molecule has 0 aliphatic carbocycles. The summed E-state index contributed by atoms with van der Waals surface area (Å²) in [5.74, 6) is 0.364. The first kappa shape index (κ1) is 14.0. The van der Waals surface area contributed by atoms with Gasteiger partial charge < -0.3 is 15.2 Å². The standard InChI is InChI=1S/C13H16N4O3/c1-3-20-10-6-4-9(5-7-10)17-15-11(8-18)12(16-17)13(19)14-2/h4-7,18H,3,8H2,1-2H3,(H,14,19). The molecule has 0 saturated carbocycles. The molecule has 2 aromatic rings. The van der Waals surface area contributed by atoms with Gasteiger partial charge in [-0.1, -0.05) is 0 Å². The number of aliphatic hydroxyl groups is 1. The van der Waals surface area contributed by atoms with E-state index in [0.717, 1.165) is 5.75 Å². The Morgan fingerprint density at radius 2 is 2.05 bits per heavy atom. The summed E-state index contributed by atoms with van der Waals surface area (Å²) < 4.78 is 5.35. The maximum Gasteiger partial charge on any atom is 0.273 e. The van der Waals surface area contributed by atoms with Crippen molar-refractivity contribution in [1.82, 2.24) is 20.3 Å². The molecule has 0 saturated heterocycles. The molecule has 2 rings (SSSR count). The van der Waals surface area contributed by atoms with Crippen molar-refractivity contribution in [3.05, 3.63) is 35.7 Å². The van der Waals surface area contributed by atoms with Crippen molar-refractivity contribution in [1.29, 1.82) is 0 Å². The minimum Gasteiger partial charge on any atom is -0.494 e. The summed E-state index contributed by atoms with van der Waals surface area (Å²) in [6.07, 6.45) is 0.